The van der Waals surface area contributed by atoms with Crippen LogP contribution in [0.3, 0.4) is 0 Å². The van der Waals surface area contributed by atoms with Gasteiger partial charge in [-0.3, -0.25) is 9.80 Å². The molecule has 0 saturated heterocycles. The molecule has 0 heterocycles. The Hall–Kier alpha value is -5.50. The summed E-state index contributed by atoms with van der Waals surface area (Å²) in [7, 11) is 10.4. The maximum atomic E-state index is 13.3. The van der Waals surface area contributed by atoms with Crippen molar-refractivity contribution in [3.63, 3.8) is 0 Å². The SMILES string of the molecule is COc1cccc(CN(Cc2cccc(OC)c2)C(=O)OCOCCC(CCOCOC(=O)N(Cc2cccc(OC)c2)Cc2cccc(OC)c2)N(C)C)c1. The van der Waals surface area contributed by atoms with Gasteiger partial charge in [0.15, 0.2) is 13.6 Å². The average molecular weight is 774 g/mol. The molecule has 0 saturated carbocycles. The molecule has 13 heteroatoms. The zero-order chi connectivity index (χ0) is 40.1. The van der Waals surface area contributed by atoms with Gasteiger partial charge in [-0.05, 0) is 97.7 Å². The number of ether oxygens (including phenoxy) is 8. The Balaban J connectivity index is 1.22. The highest BCUT2D eigenvalue weighted by molar-refractivity contribution is 5.68. The summed E-state index contributed by atoms with van der Waals surface area (Å²) in [5, 5.41) is 0. The van der Waals surface area contributed by atoms with Crippen molar-refractivity contribution in [3.05, 3.63) is 119 Å². The summed E-state index contributed by atoms with van der Waals surface area (Å²) in [6.45, 7) is 1.59. The molecule has 0 aliphatic heterocycles. The van der Waals surface area contributed by atoms with Crippen molar-refractivity contribution in [2.24, 2.45) is 0 Å². The molecule has 0 aromatic heterocycles. The zero-order valence-electron chi connectivity index (χ0n) is 33.3. The summed E-state index contributed by atoms with van der Waals surface area (Å²) in [5.74, 6) is 2.81. The third kappa shape index (κ3) is 14.6. The monoisotopic (exact) mass is 773 g/mol. The lowest BCUT2D eigenvalue weighted by atomic mass is 10.1. The van der Waals surface area contributed by atoms with Crippen LogP contribution in [0.1, 0.15) is 35.1 Å². The van der Waals surface area contributed by atoms with Crippen molar-refractivity contribution in [3.8, 4) is 23.0 Å². The zero-order valence-corrected chi connectivity index (χ0v) is 33.3. The quantitative estimate of drug-likeness (QED) is 0.0556. The lowest BCUT2D eigenvalue weighted by molar-refractivity contribution is -0.0421. The Labute approximate surface area is 330 Å². The molecule has 0 atom stereocenters. The molecule has 13 nitrogen and oxygen atoms in total. The molecule has 4 aromatic rings. The van der Waals surface area contributed by atoms with Crippen molar-refractivity contribution in [2.75, 3.05) is 69.3 Å². The molecular weight excluding hydrogens is 718 g/mol. The fraction of sp³-hybridized carbons (Fsp3) is 0.395. The number of carbonyl (C=O) groups excluding carboxylic acids is 2. The molecule has 0 aliphatic rings. The van der Waals surface area contributed by atoms with Gasteiger partial charge >= 0.3 is 12.2 Å². The summed E-state index contributed by atoms with van der Waals surface area (Å²) in [4.78, 5) is 31.9. The van der Waals surface area contributed by atoms with Gasteiger partial charge in [-0.1, -0.05) is 48.5 Å². The van der Waals surface area contributed by atoms with E-state index in [2.05, 4.69) is 4.90 Å². The van der Waals surface area contributed by atoms with Crippen molar-refractivity contribution < 1.29 is 47.5 Å². The van der Waals surface area contributed by atoms with E-state index in [0.29, 0.717) is 75.2 Å². The average Bonchev–Trinajstić information content (AvgIpc) is 3.22. The molecule has 302 valence electrons. The van der Waals surface area contributed by atoms with E-state index in [1.807, 2.05) is 111 Å². The van der Waals surface area contributed by atoms with Crippen LogP contribution < -0.4 is 18.9 Å². The van der Waals surface area contributed by atoms with Crippen LogP contribution in [0.5, 0.6) is 23.0 Å². The minimum absolute atomic E-state index is 0.108. The van der Waals surface area contributed by atoms with Gasteiger partial charge in [0.2, 0.25) is 0 Å². The van der Waals surface area contributed by atoms with E-state index in [1.165, 1.54) is 0 Å². The second-order valence-electron chi connectivity index (χ2n) is 13.2. The molecule has 2 amide bonds. The Morgan fingerprint density at radius 1 is 0.500 bits per heavy atom. The number of rotatable bonds is 23. The highest BCUT2D eigenvalue weighted by Gasteiger charge is 2.20. The smallest absolute Gasteiger partial charge is 0.412 e. The summed E-state index contributed by atoms with van der Waals surface area (Å²) >= 11 is 0. The molecule has 4 aromatic carbocycles. The van der Waals surface area contributed by atoms with Gasteiger partial charge in [-0.15, -0.1) is 0 Å². The lowest BCUT2D eigenvalue weighted by Crippen LogP contribution is -2.33. The first kappa shape index (κ1) is 43.2. The van der Waals surface area contributed by atoms with Crippen LogP contribution in [-0.4, -0.2) is 102 Å². The first-order chi connectivity index (χ1) is 27.2. The number of carbonyl (C=O) groups is 2. The van der Waals surface area contributed by atoms with E-state index in [0.717, 1.165) is 22.3 Å². The summed E-state index contributed by atoms with van der Waals surface area (Å²) in [5.41, 5.74) is 3.59. The summed E-state index contributed by atoms with van der Waals surface area (Å²) in [6, 6.07) is 30.4. The first-order valence-electron chi connectivity index (χ1n) is 18.4. The first-order valence-corrected chi connectivity index (χ1v) is 18.4. The molecule has 0 radical (unpaired) electrons. The fourth-order valence-electron chi connectivity index (χ4n) is 5.92. The Morgan fingerprint density at radius 2 is 0.804 bits per heavy atom. The molecule has 0 spiro atoms. The van der Waals surface area contributed by atoms with E-state index in [9.17, 15) is 9.59 Å². The highest BCUT2D eigenvalue weighted by Crippen LogP contribution is 2.21. The van der Waals surface area contributed by atoms with Crippen LogP contribution in [0.15, 0.2) is 97.1 Å². The van der Waals surface area contributed by atoms with E-state index >= 15 is 0 Å². The second kappa shape index (κ2) is 23.4. The number of nitrogens with zero attached hydrogens (tertiary/aromatic N) is 3. The molecule has 0 fully saturated rings. The van der Waals surface area contributed by atoms with E-state index < -0.39 is 12.2 Å². The fourth-order valence-corrected chi connectivity index (χ4v) is 5.92. The van der Waals surface area contributed by atoms with E-state index in [4.69, 9.17) is 37.9 Å². The van der Waals surface area contributed by atoms with Crippen molar-refractivity contribution in [1.82, 2.24) is 14.7 Å². The molecule has 0 unspecified atom stereocenters. The lowest BCUT2D eigenvalue weighted by Gasteiger charge is -2.25. The van der Waals surface area contributed by atoms with Gasteiger partial charge in [-0.2, -0.15) is 0 Å². The Bertz CT molecular complexity index is 1560. The molecule has 56 heavy (non-hydrogen) atoms. The standard InChI is InChI=1S/C43H55N3O10/c1-44(2)37(19-21-53-31-55-42(47)45(27-33-11-7-15-38(23-33)49-3)28-34-12-8-16-39(24-34)50-4)20-22-54-32-56-43(48)46(29-35-13-9-17-40(25-35)51-5)30-36-14-10-18-41(26-36)52-6/h7-18,23-26,37H,19-22,27-32H2,1-6H3. The molecule has 0 N–H and O–H groups in total. The van der Waals surface area contributed by atoms with Crippen LogP contribution in [0, 0.1) is 0 Å². The van der Waals surface area contributed by atoms with Gasteiger partial charge in [-0.25, -0.2) is 9.59 Å². The van der Waals surface area contributed by atoms with Gasteiger partial charge in [0, 0.05) is 32.2 Å². The van der Waals surface area contributed by atoms with Crippen LogP contribution in [0.4, 0.5) is 9.59 Å². The van der Waals surface area contributed by atoms with E-state index in [-0.39, 0.29) is 19.6 Å². The normalized spacial score (nSPS) is 10.9. The van der Waals surface area contributed by atoms with Crippen LogP contribution in [-0.2, 0) is 45.1 Å². The Kier molecular flexibility index (Phi) is 18.1. The predicted molar refractivity (Wildman–Crippen MR) is 212 cm³/mol. The topological polar surface area (TPSA) is 118 Å². The predicted octanol–water partition coefficient (Wildman–Crippen LogP) is 7.36. The minimum Gasteiger partial charge on any atom is -0.497 e. The largest absolute Gasteiger partial charge is 0.497 e. The van der Waals surface area contributed by atoms with Crippen LogP contribution in [0.2, 0.25) is 0 Å². The third-order valence-corrected chi connectivity index (χ3v) is 9.00. The maximum Gasteiger partial charge on any atom is 0.412 e. The number of methoxy groups -OCH3 is 4. The van der Waals surface area contributed by atoms with E-state index in [1.54, 1.807) is 38.2 Å². The number of hydrogen-bond donors (Lipinski definition) is 0. The molecular formula is C43H55N3O10. The highest BCUT2D eigenvalue weighted by atomic mass is 16.7. The molecule has 0 bridgehead atoms. The van der Waals surface area contributed by atoms with Crippen molar-refractivity contribution in [1.29, 1.82) is 0 Å². The Morgan fingerprint density at radius 3 is 1.07 bits per heavy atom. The number of hydrogen-bond acceptors (Lipinski definition) is 11. The van der Waals surface area contributed by atoms with Gasteiger partial charge < -0.3 is 42.8 Å². The third-order valence-electron chi connectivity index (χ3n) is 9.00. The van der Waals surface area contributed by atoms with Gasteiger partial charge in [0.05, 0.1) is 41.7 Å². The van der Waals surface area contributed by atoms with Crippen molar-refractivity contribution >= 4 is 12.2 Å². The van der Waals surface area contributed by atoms with Gasteiger partial charge in [0.25, 0.3) is 0 Å². The summed E-state index contributed by atoms with van der Waals surface area (Å²) < 4.78 is 44.1. The van der Waals surface area contributed by atoms with Crippen molar-refractivity contribution in [2.45, 2.75) is 45.1 Å². The second-order valence-corrected chi connectivity index (χ2v) is 13.2. The maximum absolute atomic E-state index is 13.3. The van der Waals surface area contributed by atoms with Crippen LogP contribution in [0.25, 0.3) is 0 Å². The summed E-state index contributed by atoms with van der Waals surface area (Å²) in [6.07, 6.45) is 0.321. The number of amides is 2. The van der Waals surface area contributed by atoms with Gasteiger partial charge in [0.1, 0.15) is 23.0 Å². The number of benzene rings is 4. The molecule has 4 rings (SSSR count). The van der Waals surface area contributed by atoms with Crippen LogP contribution >= 0.6 is 0 Å². The minimum atomic E-state index is -0.506. The molecule has 0 aliphatic carbocycles.